The van der Waals surface area contributed by atoms with Crippen LogP contribution in [0, 0.1) is 0 Å². The Kier molecular flexibility index (Phi) is 3.55. The molecule has 1 saturated heterocycles. The SMILES string of the molecule is O=C1CC(c2nc(-c3ccccn3)no2)CN1CC(F)(F)F. The molecule has 116 valence electrons. The highest BCUT2D eigenvalue weighted by molar-refractivity contribution is 5.79. The average Bonchev–Trinajstić information content (AvgIpc) is 3.06. The fourth-order valence-electron chi connectivity index (χ4n) is 2.31. The van der Waals surface area contributed by atoms with E-state index in [0.29, 0.717) is 5.69 Å². The summed E-state index contributed by atoms with van der Waals surface area (Å²) in [6.45, 7) is -1.34. The number of nitrogens with zero attached hydrogens (tertiary/aromatic N) is 4. The highest BCUT2D eigenvalue weighted by Crippen LogP contribution is 2.30. The normalized spacial score (nSPS) is 19.0. The minimum absolute atomic E-state index is 0.0695. The molecule has 1 fully saturated rings. The molecule has 3 heterocycles. The quantitative estimate of drug-likeness (QED) is 0.867. The van der Waals surface area contributed by atoms with Crippen molar-refractivity contribution in [2.24, 2.45) is 0 Å². The van der Waals surface area contributed by atoms with Crippen LogP contribution in [-0.4, -0.2) is 45.2 Å². The van der Waals surface area contributed by atoms with E-state index in [9.17, 15) is 18.0 Å². The Bertz CT molecular complexity index is 671. The van der Waals surface area contributed by atoms with Gasteiger partial charge in [-0.3, -0.25) is 9.78 Å². The summed E-state index contributed by atoms with van der Waals surface area (Å²) in [5.41, 5.74) is 0.494. The molecule has 0 saturated carbocycles. The van der Waals surface area contributed by atoms with Crippen molar-refractivity contribution in [2.75, 3.05) is 13.1 Å². The predicted octanol–water partition coefficient (Wildman–Crippen LogP) is 2.01. The van der Waals surface area contributed by atoms with Gasteiger partial charge >= 0.3 is 6.18 Å². The second kappa shape index (κ2) is 5.39. The predicted molar refractivity (Wildman–Crippen MR) is 67.5 cm³/mol. The van der Waals surface area contributed by atoms with Gasteiger partial charge in [-0.1, -0.05) is 11.2 Å². The van der Waals surface area contributed by atoms with Crippen LogP contribution in [0.4, 0.5) is 13.2 Å². The number of alkyl halides is 3. The van der Waals surface area contributed by atoms with Gasteiger partial charge in [-0.25, -0.2) is 0 Å². The molecule has 22 heavy (non-hydrogen) atoms. The summed E-state index contributed by atoms with van der Waals surface area (Å²) in [6.07, 6.45) is -2.92. The van der Waals surface area contributed by atoms with Crippen molar-refractivity contribution in [1.29, 1.82) is 0 Å². The summed E-state index contributed by atoms with van der Waals surface area (Å²) in [5.74, 6) is -0.698. The number of amides is 1. The van der Waals surface area contributed by atoms with Gasteiger partial charge < -0.3 is 9.42 Å². The number of likely N-dealkylation sites (tertiary alicyclic amines) is 1. The average molecular weight is 312 g/mol. The summed E-state index contributed by atoms with van der Waals surface area (Å²) in [4.78, 5) is 20.6. The smallest absolute Gasteiger partial charge is 0.339 e. The first-order valence-electron chi connectivity index (χ1n) is 6.52. The minimum atomic E-state index is -4.42. The van der Waals surface area contributed by atoms with Crippen LogP contribution in [0.5, 0.6) is 0 Å². The van der Waals surface area contributed by atoms with Crippen molar-refractivity contribution in [3.8, 4) is 11.5 Å². The lowest BCUT2D eigenvalue weighted by molar-refractivity contribution is -0.157. The van der Waals surface area contributed by atoms with E-state index in [4.69, 9.17) is 4.52 Å². The van der Waals surface area contributed by atoms with Crippen molar-refractivity contribution in [1.82, 2.24) is 20.0 Å². The maximum atomic E-state index is 12.4. The van der Waals surface area contributed by atoms with Crippen LogP contribution in [0.3, 0.4) is 0 Å². The molecule has 0 bridgehead atoms. The zero-order valence-electron chi connectivity index (χ0n) is 11.2. The number of carbonyl (C=O) groups excluding carboxylic acids is 1. The van der Waals surface area contributed by atoms with Gasteiger partial charge in [0, 0.05) is 19.2 Å². The van der Waals surface area contributed by atoms with E-state index in [2.05, 4.69) is 15.1 Å². The van der Waals surface area contributed by atoms with E-state index in [-0.39, 0.29) is 24.7 Å². The van der Waals surface area contributed by atoms with Crippen LogP contribution in [0.1, 0.15) is 18.2 Å². The molecule has 1 unspecified atom stereocenters. The first-order valence-corrected chi connectivity index (χ1v) is 6.52. The minimum Gasteiger partial charge on any atom is -0.339 e. The van der Waals surface area contributed by atoms with Gasteiger partial charge in [-0.05, 0) is 12.1 Å². The van der Waals surface area contributed by atoms with Crippen molar-refractivity contribution < 1.29 is 22.5 Å². The van der Waals surface area contributed by atoms with Crippen molar-refractivity contribution in [3.05, 3.63) is 30.3 Å². The second-order valence-corrected chi connectivity index (χ2v) is 4.96. The Morgan fingerprint density at radius 2 is 2.18 bits per heavy atom. The molecule has 2 aromatic rings. The lowest BCUT2D eigenvalue weighted by Gasteiger charge is -2.17. The first kappa shape index (κ1) is 14.5. The zero-order chi connectivity index (χ0) is 15.7. The maximum Gasteiger partial charge on any atom is 0.406 e. The number of aromatic nitrogens is 3. The number of pyridine rings is 1. The van der Waals surface area contributed by atoms with Crippen LogP contribution < -0.4 is 0 Å². The number of carbonyl (C=O) groups is 1. The van der Waals surface area contributed by atoms with Gasteiger partial charge in [0.1, 0.15) is 12.2 Å². The van der Waals surface area contributed by atoms with E-state index >= 15 is 0 Å². The summed E-state index contributed by atoms with van der Waals surface area (Å²) < 4.78 is 42.2. The summed E-state index contributed by atoms with van der Waals surface area (Å²) in [5, 5.41) is 3.76. The van der Waals surface area contributed by atoms with E-state index in [1.54, 1.807) is 24.4 Å². The third-order valence-corrected chi connectivity index (χ3v) is 3.27. The fraction of sp³-hybridized carbons (Fsp3) is 0.385. The fourth-order valence-corrected chi connectivity index (χ4v) is 2.31. The van der Waals surface area contributed by atoms with E-state index in [0.717, 1.165) is 4.90 Å². The lowest BCUT2D eigenvalue weighted by atomic mass is 10.1. The summed E-state index contributed by atoms with van der Waals surface area (Å²) >= 11 is 0. The third kappa shape index (κ3) is 3.07. The van der Waals surface area contributed by atoms with Crippen molar-refractivity contribution in [2.45, 2.75) is 18.5 Å². The third-order valence-electron chi connectivity index (χ3n) is 3.27. The molecule has 0 aromatic carbocycles. The zero-order valence-corrected chi connectivity index (χ0v) is 11.2. The molecule has 1 amide bonds. The van der Waals surface area contributed by atoms with Crippen LogP contribution in [0.15, 0.2) is 28.9 Å². The molecule has 0 spiro atoms. The molecule has 1 aliphatic heterocycles. The molecule has 0 N–H and O–H groups in total. The first-order chi connectivity index (χ1) is 10.4. The molecule has 1 atom stereocenters. The van der Waals surface area contributed by atoms with Gasteiger partial charge in [-0.15, -0.1) is 0 Å². The van der Waals surface area contributed by atoms with Gasteiger partial charge in [0.05, 0.1) is 5.92 Å². The van der Waals surface area contributed by atoms with Gasteiger partial charge in [0.25, 0.3) is 0 Å². The topological polar surface area (TPSA) is 72.1 Å². The molecule has 3 rings (SSSR count). The lowest BCUT2D eigenvalue weighted by Crippen LogP contribution is -2.35. The van der Waals surface area contributed by atoms with E-state index in [1.165, 1.54) is 0 Å². The molecular weight excluding hydrogens is 301 g/mol. The molecular formula is C13H11F3N4O2. The van der Waals surface area contributed by atoms with Gasteiger partial charge in [0.15, 0.2) is 0 Å². The number of halogens is 3. The second-order valence-electron chi connectivity index (χ2n) is 4.96. The molecule has 2 aromatic heterocycles. The van der Waals surface area contributed by atoms with E-state index in [1.807, 2.05) is 0 Å². The Morgan fingerprint density at radius 3 is 2.86 bits per heavy atom. The maximum absolute atomic E-state index is 12.4. The van der Waals surface area contributed by atoms with Gasteiger partial charge in [-0.2, -0.15) is 18.2 Å². The summed E-state index contributed by atoms with van der Waals surface area (Å²) in [6, 6.07) is 5.17. The van der Waals surface area contributed by atoms with Crippen LogP contribution in [-0.2, 0) is 4.79 Å². The van der Waals surface area contributed by atoms with Crippen molar-refractivity contribution >= 4 is 5.91 Å². The Morgan fingerprint density at radius 1 is 1.36 bits per heavy atom. The number of hydrogen-bond acceptors (Lipinski definition) is 5. The summed E-state index contributed by atoms with van der Waals surface area (Å²) in [7, 11) is 0. The molecule has 0 radical (unpaired) electrons. The Labute approximate surface area is 122 Å². The van der Waals surface area contributed by atoms with Crippen LogP contribution >= 0.6 is 0 Å². The highest BCUT2D eigenvalue weighted by Gasteiger charge is 2.40. The Hall–Kier alpha value is -2.45. The van der Waals surface area contributed by atoms with Gasteiger partial charge in [0.2, 0.25) is 17.6 Å². The van der Waals surface area contributed by atoms with Crippen LogP contribution in [0.25, 0.3) is 11.5 Å². The standard InChI is InChI=1S/C13H11F3N4O2/c14-13(15,16)7-20-6-8(5-10(20)21)12-18-11(19-22-12)9-3-1-2-4-17-9/h1-4,8H,5-7H2. The molecule has 9 heteroatoms. The molecule has 6 nitrogen and oxygen atoms in total. The monoisotopic (exact) mass is 312 g/mol. The number of hydrogen-bond donors (Lipinski definition) is 0. The Balaban J connectivity index is 1.74. The molecule has 0 aliphatic carbocycles. The van der Waals surface area contributed by atoms with Crippen LogP contribution in [0.2, 0.25) is 0 Å². The van der Waals surface area contributed by atoms with E-state index < -0.39 is 24.5 Å². The number of rotatable bonds is 3. The highest BCUT2D eigenvalue weighted by atomic mass is 19.4. The molecule has 1 aliphatic rings. The van der Waals surface area contributed by atoms with Crippen molar-refractivity contribution in [3.63, 3.8) is 0 Å². The largest absolute Gasteiger partial charge is 0.406 e.